The van der Waals surface area contributed by atoms with Gasteiger partial charge in [-0.15, -0.1) is 0 Å². The van der Waals surface area contributed by atoms with Crippen LogP contribution in [-0.2, 0) is 0 Å². The summed E-state index contributed by atoms with van der Waals surface area (Å²) in [6.07, 6.45) is 2.43. The van der Waals surface area contributed by atoms with Crippen LogP contribution >= 0.6 is 11.6 Å². The maximum Gasteiger partial charge on any atom is 0.319 e. The van der Waals surface area contributed by atoms with Gasteiger partial charge in [0, 0.05) is 6.54 Å². The first-order valence-corrected chi connectivity index (χ1v) is 8.70. The van der Waals surface area contributed by atoms with Gasteiger partial charge in [0.1, 0.15) is 0 Å². The third-order valence-corrected chi connectivity index (χ3v) is 4.67. The highest BCUT2D eigenvalue weighted by Gasteiger charge is 2.23. The van der Waals surface area contributed by atoms with Gasteiger partial charge in [0.15, 0.2) is 0 Å². The van der Waals surface area contributed by atoms with Gasteiger partial charge in [-0.05, 0) is 43.6 Å². The summed E-state index contributed by atoms with van der Waals surface area (Å²) in [5.74, 6) is 0. The quantitative estimate of drug-likeness (QED) is 0.850. The smallest absolute Gasteiger partial charge is 0.319 e. The monoisotopic (exact) mass is 343 g/mol. The summed E-state index contributed by atoms with van der Waals surface area (Å²) in [5, 5.41) is 6.32. The predicted octanol–water partition coefficient (Wildman–Crippen LogP) is 4.30. The molecule has 1 heterocycles. The third kappa shape index (κ3) is 4.28. The molecule has 2 amide bonds. The first-order chi connectivity index (χ1) is 11.7. The molecule has 4 nitrogen and oxygen atoms in total. The molecule has 0 radical (unpaired) electrons. The van der Waals surface area contributed by atoms with Crippen molar-refractivity contribution in [1.82, 2.24) is 10.2 Å². The van der Waals surface area contributed by atoms with E-state index in [0.717, 1.165) is 13.1 Å². The van der Waals surface area contributed by atoms with Gasteiger partial charge in [-0.2, -0.15) is 0 Å². The Hall–Kier alpha value is -2.04. The van der Waals surface area contributed by atoms with Crippen LogP contribution in [0.3, 0.4) is 0 Å². The highest BCUT2D eigenvalue weighted by molar-refractivity contribution is 6.33. The number of para-hydroxylation sites is 1. The van der Waals surface area contributed by atoms with Gasteiger partial charge in [0.05, 0.1) is 16.8 Å². The van der Waals surface area contributed by atoms with Gasteiger partial charge in [-0.25, -0.2) is 4.79 Å². The molecule has 1 saturated heterocycles. The van der Waals surface area contributed by atoms with Crippen LogP contribution in [0.25, 0.3) is 0 Å². The summed E-state index contributed by atoms with van der Waals surface area (Å²) in [4.78, 5) is 14.7. The van der Waals surface area contributed by atoms with Gasteiger partial charge in [0.25, 0.3) is 0 Å². The average Bonchev–Trinajstić information content (AvgIpc) is 3.12. The van der Waals surface area contributed by atoms with Crippen LogP contribution in [0.2, 0.25) is 5.02 Å². The Morgan fingerprint density at radius 2 is 1.71 bits per heavy atom. The van der Waals surface area contributed by atoms with Crippen molar-refractivity contribution in [1.29, 1.82) is 0 Å². The zero-order chi connectivity index (χ0) is 16.8. The van der Waals surface area contributed by atoms with E-state index in [0.29, 0.717) is 17.3 Å². The molecule has 1 aliphatic heterocycles. The summed E-state index contributed by atoms with van der Waals surface area (Å²) in [5.41, 5.74) is 1.85. The molecule has 1 unspecified atom stereocenters. The van der Waals surface area contributed by atoms with E-state index in [1.165, 1.54) is 18.4 Å². The second-order valence-corrected chi connectivity index (χ2v) is 6.39. The number of nitrogens with one attached hydrogen (secondary N) is 2. The molecule has 0 spiro atoms. The second kappa shape index (κ2) is 8.18. The Kier molecular flexibility index (Phi) is 5.72. The minimum atomic E-state index is -0.233. The molecule has 126 valence electrons. The van der Waals surface area contributed by atoms with E-state index >= 15 is 0 Å². The van der Waals surface area contributed by atoms with Gasteiger partial charge < -0.3 is 10.6 Å². The van der Waals surface area contributed by atoms with Crippen LogP contribution in [0, 0.1) is 0 Å². The number of nitrogens with zero attached hydrogens (tertiary/aromatic N) is 1. The van der Waals surface area contributed by atoms with Gasteiger partial charge in [-0.1, -0.05) is 54.1 Å². The van der Waals surface area contributed by atoms with E-state index in [2.05, 4.69) is 27.7 Å². The van der Waals surface area contributed by atoms with Crippen molar-refractivity contribution in [3.8, 4) is 0 Å². The van der Waals surface area contributed by atoms with Gasteiger partial charge >= 0.3 is 6.03 Å². The summed E-state index contributed by atoms with van der Waals surface area (Å²) in [7, 11) is 0. The van der Waals surface area contributed by atoms with Crippen molar-refractivity contribution in [3.05, 3.63) is 65.2 Å². The zero-order valence-corrected chi connectivity index (χ0v) is 14.3. The summed E-state index contributed by atoms with van der Waals surface area (Å²) in [6.45, 7) is 2.72. The van der Waals surface area contributed by atoms with Gasteiger partial charge in [0.2, 0.25) is 0 Å². The van der Waals surface area contributed by atoms with E-state index in [9.17, 15) is 4.79 Å². The fraction of sp³-hybridized carbons (Fsp3) is 0.316. The third-order valence-electron chi connectivity index (χ3n) is 4.34. The fourth-order valence-electron chi connectivity index (χ4n) is 3.10. The van der Waals surface area contributed by atoms with Gasteiger partial charge in [-0.3, -0.25) is 4.90 Å². The average molecular weight is 344 g/mol. The van der Waals surface area contributed by atoms with Crippen molar-refractivity contribution < 1.29 is 4.79 Å². The first-order valence-electron chi connectivity index (χ1n) is 8.32. The summed E-state index contributed by atoms with van der Waals surface area (Å²) in [6, 6.07) is 17.5. The minimum absolute atomic E-state index is 0.200. The van der Waals surface area contributed by atoms with Crippen LogP contribution < -0.4 is 10.6 Å². The Labute approximate surface area is 147 Å². The maximum absolute atomic E-state index is 12.2. The second-order valence-electron chi connectivity index (χ2n) is 5.98. The fourth-order valence-corrected chi connectivity index (χ4v) is 3.29. The molecule has 1 fully saturated rings. The van der Waals surface area contributed by atoms with Crippen LogP contribution in [0.5, 0.6) is 0 Å². The molecule has 1 atom stereocenters. The van der Waals surface area contributed by atoms with Crippen LogP contribution in [0.1, 0.15) is 24.4 Å². The highest BCUT2D eigenvalue weighted by Crippen LogP contribution is 2.24. The molecule has 2 N–H and O–H groups in total. The normalized spacial score (nSPS) is 15.9. The number of hydrogen-bond donors (Lipinski definition) is 2. The number of hydrogen-bond acceptors (Lipinski definition) is 2. The lowest BCUT2D eigenvalue weighted by atomic mass is 10.1. The van der Waals surface area contributed by atoms with Crippen molar-refractivity contribution in [2.45, 2.75) is 18.9 Å². The predicted molar refractivity (Wildman–Crippen MR) is 98.5 cm³/mol. The maximum atomic E-state index is 12.2. The molecule has 0 aliphatic carbocycles. The molecule has 2 aromatic carbocycles. The number of anilines is 1. The molecule has 2 aromatic rings. The molecule has 24 heavy (non-hydrogen) atoms. The summed E-state index contributed by atoms with van der Waals surface area (Å²) < 4.78 is 0. The Morgan fingerprint density at radius 1 is 1.04 bits per heavy atom. The van der Waals surface area contributed by atoms with Crippen LogP contribution in [0.15, 0.2) is 54.6 Å². The number of carbonyl (C=O) groups excluding carboxylic acids is 1. The van der Waals surface area contributed by atoms with E-state index in [1.807, 2.05) is 30.3 Å². The Morgan fingerprint density at radius 3 is 2.42 bits per heavy atom. The van der Waals surface area contributed by atoms with Crippen molar-refractivity contribution >= 4 is 23.3 Å². The zero-order valence-electron chi connectivity index (χ0n) is 13.5. The number of amides is 2. The van der Waals surface area contributed by atoms with Crippen molar-refractivity contribution in [3.63, 3.8) is 0 Å². The van der Waals surface area contributed by atoms with E-state index in [-0.39, 0.29) is 12.1 Å². The SMILES string of the molecule is O=C(NCC(c1ccccc1)N1CCCC1)Nc1ccccc1Cl. The molecular formula is C19H22ClN3O. The lowest BCUT2D eigenvalue weighted by molar-refractivity contribution is 0.227. The molecule has 3 rings (SSSR count). The molecule has 0 aromatic heterocycles. The van der Waals surface area contributed by atoms with Crippen molar-refractivity contribution in [2.24, 2.45) is 0 Å². The van der Waals surface area contributed by atoms with E-state index < -0.39 is 0 Å². The highest BCUT2D eigenvalue weighted by atomic mass is 35.5. The number of likely N-dealkylation sites (tertiary alicyclic amines) is 1. The number of carbonyl (C=O) groups is 1. The first kappa shape index (κ1) is 16.8. The lowest BCUT2D eigenvalue weighted by Crippen LogP contribution is -2.38. The molecule has 5 heteroatoms. The molecular weight excluding hydrogens is 322 g/mol. The molecule has 0 saturated carbocycles. The van der Waals surface area contributed by atoms with E-state index in [4.69, 9.17) is 11.6 Å². The number of rotatable bonds is 5. The van der Waals surface area contributed by atoms with Crippen LogP contribution in [0.4, 0.5) is 10.5 Å². The number of halogens is 1. The topological polar surface area (TPSA) is 44.4 Å². The summed E-state index contributed by atoms with van der Waals surface area (Å²) >= 11 is 6.08. The number of benzene rings is 2. The van der Waals surface area contributed by atoms with Crippen molar-refractivity contribution in [2.75, 3.05) is 25.0 Å². The standard InChI is InChI=1S/C19H22ClN3O/c20-16-10-4-5-11-17(16)22-19(24)21-14-18(23-12-6-7-13-23)15-8-2-1-3-9-15/h1-5,8-11,18H,6-7,12-14H2,(H2,21,22,24). The molecule has 0 bridgehead atoms. The van der Waals surface area contributed by atoms with Crippen LogP contribution in [-0.4, -0.2) is 30.6 Å². The Balaban J connectivity index is 1.63. The minimum Gasteiger partial charge on any atom is -0.336 e. The number of urea groups is 1. The lowest BCUT2D eigenvalue weighted by Gasteiger charge is -2.28. The molecule has 1 aliphatic rings. The largest absolute Gasteiger partial charge is 0.336 e. The Bertz CT molecular complexity index is 671. The van der Waals surface area contributed by atoms with E-state index in [1.54, 1.807) is 12.1 Å².